The lowest BCUT2D eigenvalue weighted by atomic mass is 10.2. The minimum atomic E-state index is -0.349. The fourth-order valence-electron chi connectivity index (χ4n) is 2.17. The molecule has 0 aliphatic heterocycles. The van der Waals surface area contributed by atoms with Crippen LogP contribution in [-0.4, -0.2) is 29.0 Å². The molecule has 0 saturated heterocycles. The van der Waals surface area contributed by atoms with E-state index in [0.29, 0.717) is 9.90 Å². The van der Waals surface area contributed by atoms with Gasteiger partial charge in [-0.25, -0.2) is 5.43 Å². The van der Waals surface area contributed by atoms with Gasteiger partial charge in [-0.2, -0.15) is 10.2 Å². The zero-order valence-corrected chi connectivity index (χ0v) is 14.9. The van der Waals surface area contributed by atoms with E-state index in [1.54, 1.807) is 24.2 Å². The van der Waals surface area contributed by atoms with Gasteiger partial charge >= 0.3 is 0 Å². The van der Waals surface area contributed by atoms with Gasteiger partial charge in [0.1, 0.15) is 10.6 Å². The number of hydrazone groups is 1. The highest BCUT2D eigenvalue weighted by atomic mass is 35.5. The molecule has 124 valence electrons. The van der Waals surface area contributed by atoms with Crippen LogP contribution in [0.2, 0.25) is 5.02 Å². The summed E-state index contributed by atoms with van der Waals surface area (Å²) in [7, 11) is 3.44. The van der Waals surface area contributed by atoms with E-state index in [-0.39, 0.29) is 5.91 Å². The van der Waals surface area contributed by atoms with Crippen molar-refractivity contribution in [2.24, 2.45) is 12.1 Å². The van der Waals surface area contributed by atoms with Gasteiger partial charge in [0.25, 0.3) is 5.91 Å². The average Bonchev–Trinajstić information content (AvgIpc) is 3.08. The van der Waals surface area contributed by atoms with Crippen LogP contribution < -0.4 is 10.2 Å². The van der Waals surface area contributed by atoms with Gasteiger partial charge in [0.15, 0.2) is 0 Å². The highest BCUT2D eigenvalue weighted by molar-refractivity contribution is 7.21. The van der Waals surface area contributed by atoms with Crippen LogP contribution in [0.5, 0.6) is 5.75 Å². The maximum Gasteiger partial charge on any atom is 0.283 e. The van der Waals surface area contributed by atoms with Crippen molar-refractivity contribution in [2.75, 3.05) is 7.11 Å². The van der Waals surface area contributed by atoms with Crippen LogP contribution in [-0.2, 0) is 7.05 Å². The van der Waals surface area contributed by atoms with Gasteiger partial charge in [0.05, 0.1) is 24.5 Å². The first-order chi connectivity index (χ1) is 11.5. The topological polar surface area (TPSA) is 68.5 Å². The number of nitrogens with zero attached hydrogens (tertiary/aromatic N) is 3. The Morgan fingerprint density at radius 3 is 2.96 bits per heavy atom. The van der Waals surface area contributed by atoms with Crippen LogP contribution >= 0.6 is 22.9 Å². The van der Waals surface area contributed by atoms with Crippen molar-refractivity contribution in [1.82, 2.24) is 15.2 Å². The first kappa shape index (κ1) is 16.5. The molecule has 2 aromatic heterocycles. The van der Waals surface area contributed by atoms with Crippen molar-refractivity contribution in [3.05, 3.63) is 45.6 Å². The molecule has 1 amide bonds. The van der Waals surface area contributed by atoms with Crippen LogP contribution in [0.25, 0.3) is 10.1 Å². The zero-order valence-electron chi connectivity index (χ0n) is 13.3. The molecular weight excluding hydrogens is 348 g/mol. The minimum absolute atomic E-state index is 0.349. The summed E-state index contributed by atoms with van der Waals surface area (Å²) in [5, 5.41) is 9.33. The highest BCUT2D eigenvalue weighted by Crippen LogP contribution is 2.37. The van der Waals surface area contributed by atoms with Crippen molar-refractivity contribution < 1.29 is 9.53 Å². The fraction of sp³-hybridized carbons (Fsp3) is 0.188. The number of methoxy groups -OCH3 is 1. The number of hydrogen-bond acceptors (Lipinski definition) is 5. The van der Waals surface area contributed by atoms with Crippen molar-refractivity contribution in [2.45, 2.75) is 6.92 Å². The second-order valence-corrected chi connectivity index (χ2v) is 6.55. The molecule has 1 aromatic carbocycles. The van der Waals surface area contributed by atoms with E-state index in [1.807, 2.05) is 32.2 Å². The van der Waals surface area contributed by atoms with Gasteiger partial charge in [-0.1, -0.05) is 11.6 Å². The second-order valence-electron chi connectivity index (χ2n) is 5.12. The highest BCUT2D eigenvalue weighted by Gasteiger charge is 2.17. The van der Waals surface area contributed by atoms with Crippen molar-refractivity contribution in [1.29, 1.82) is 0 Å². The van der Waals surface area contributed by atoms with Gasteiger partial charge in [0.2, 0.25) is 0 Å². The van der Waals surface area contributed by atoms with E-state index in [0.717, 1.165) is 27.1 Å². The zero-order chi connectivity index (χ0) is 17.3. The maximum absolute atomic E-state index is 12.3. The maximum atomic E-state index is 12.3. The molecule has 0 aliphatic carbocycles. The van der Waals surface area contributed by atoms with Crippen molar-refractivity contribution in [3.8, 4) is 5.75 Å². The largest absolute Gasteiger partial charge is 0.497 e. The van der Waals surface area contributed by atoms with E-state index in [9.17, 15) is 4.79 Å². The second kappa shape index (κ2) is 6.62. The van der Waals surface area contributed by atoms with Crippen molar-refractivity contribution in [3.63, 3.8) is 0 Å². The number of rotatable bonds is 4. The van der Waals surface area contributed by atoms with Gasteiger partial charge in [-0.15, -0.1) is 11.3 Å². The van der Waals surface area contributed by atoms with Gasteiger partial charge in [-0.3, -0.25) is 9.48 Å². The van der Waals surface area contributed by atoms with E-state index in [4.69, 9.17) is 16.3 Å². The van der Waals surface area contributed by atoms with E-state index < -0.39 is 0 Å². The number of fused-ring (bicyclic) bond motifs is 1. The Morgan fingerprint density at radius 2 is 2.29 bits per heavy atom. The minimum Gasteiger partial charge on any atom is -0.497 e. The molecule has 0 spiro atoms. The lowest BCUT2D eigenvalue weighted by Crippen LogP contribution is -2.16. The third-order valence-electron chi connectivity index (χ3n) is 3.69. The molecule has 8 heteroatoms. The van der Waals surface area contributed by atoms with Crippen LogP contribution in [0, 0.1) is 6.92 Å². The summed E-state index contributed by atoms with van der Waals surface area (Å²) in [5.74, 6) is 0.371. The lowest BCUT2D eigenvalue weighted by molar-refractivity contribution is 0.0959. The SMILES string of the molecule is COc1ccc2c(Cl)c(C(=O)N/N=C/c3cnn(C)c3C)sc2c1. The summed E-state index contributed by atoms with van der Waals surface area (Å²) in [5.41, 5.74) is 4.30. The van der Waals surface area contributed by atoms with Gasteiger partial charge in [-0.05, 0) is 25.1 Å². The predicted octanol–water partition coefficient (Wildman–Crippen LogP) is 3.37. The summed E-state index contributed by atoms with van der Waals surface area (Å²) in [4.78, 5) is 12.7. The molecule has 0 atom stereocenters. The number of benzene rings is 1. The molecule has 24 heavy (non-hydrogen) atoms. The molecule has 0 saturated carbocycles. The lowest BCUT2D eigenvalue weighted by Gasteiger charge is -1.98. The quantitative estimate of drug-likeness (QED) is 0.571. The molecule has 3 rings (SSSR count). The summed E-state index contributed by atoms with van der Waals surface area (Å²) in [6, 6.07) is 5.50. The molecule has 0 bridgehead atoms. The van der Waals surface area contributed by atoms with Crippen LogP contribution in [0.3, 0.4) is 0 Å². The summed E-state index contributed by atoms with van der Waals surface area (Å²) < 4.78 is 7.81. The molecule has 0 fully saturated rings. The molecule has 6 nitrogen and oxygen atoms in total. The summed E-state index contributed by atoms with van der Waals surface area (Å²) in [6.45, 7) is 1.92. The number of thiophene rings is 1. The third kappa shape index (κ3) is 3.00. The standard InChI is InChI=1S/C16H15ClN4O2S/c1-9-10(8-19-21(9)2)7-18-20-16(22)15-14(17)12-5-4-11(23-3)6-13(12)24-15/h4-8H,1-3H3,(H,20,22)/b18-7+. The number of carbonyl (C=O) groups excluding carboxylic acids is 1. The summed E-state index contributed by atoms with van der Waals surface area (Å²) in [6.07, 6.45) is 3.24. The number of carbonyl (C=O) groups is 1. The van der Waals surface area contributed by atoms with Gasteiger partial charge < -0.3 is 4.74 Å². The number of halogens is 1. The Hall–Kier alpha value is -2.38. The normalized spacial score (nSPS) is 11.3. The van der Waals surface area contributed by atoms with E-state index >= 15 is 0 Å². The average molecular weight is 363 g/mol. The molecule has 1 N–H and O–H groups in total. The Bertz CT molecular complexity index is 945. The number of ether oxygens (including phenoxy) is 1. The first-order valence-electron chi connectivity index (χ1n) is 7.09. The van der Waals surface area contributed by atoms with E-state index in [1.165, 1.54) is 11.3 Å². The smallest absolute Gasteiger partial charge is 0.283 e. The Labute approximate surface area is 147 Å². The van der Waals surface area contributed by atoms with Crippen LogP contribution in [0.1, 0.15) is 20.9 Å². The number of nitrogens with one attached hydrogen (secondary N) is 1. The predicted molar refractivity (Wildman–Crippen MR) is 96.4 cm³/mol. The monoisotopic (exact) mass is 362 g/mol. The number of aromatic nitrogens is 2. The first-order valence-corrected chi connectivity index (χ1v) is 8.28. The molecule has 0 unspecified atom stereocenters. The fourth-order valence-corrected chi connectivity index (χ4v) is 3.61. The Morgan fingerprint density at radius 1 is 1.50 bits per heavy atom. The van der Waals surface area contributed by atoms with Crippen LogP contribution in [0.4, 0.5) is 0 Å². The molecule has 0 radical (unpaired) electrons. The van der Waals surface area contributed by atoms with Crippen molar-refractivity contribution >= 4 is 45.1 Å². The summed E-state index contributed by atoms with van der Waals surface area (Å²) >= 11 is 7.62. The number of aryl methyl sites for hydroxylation is 1. The third-order valence-corrected chi connectivity index (χ3v) is 5.34. The van der Waals surface area contributed by atoms with Crippen LogP contribution in [0.15, 0.2) is 29.5 Å². The Kier molecular flexibility index (Phi) is 4.55. The molecular formula is C16H15ClN4O2S. The number of amides is 1. The molecule has 2 heterocycles. The molecule has 3 aromatic rings. The Balaban J connectivity index is 1.81. The van der Waals surface area contributed by atoms with Gasteiger partial charge in [0, 0.05) is 28.4 Å². The number of hydrogen-bond donors (Lipinski definition) is 1. The molecule has 0 aliphatic rings. The van der Waals surface area contributed by atoms with E-state index in [2.05, 4.69) is 15.6 Å².